The Balaban J connectivity index is 1.76. The van der Waals surface area contributed by atoms with E-state index in [1.807, 2.05) is 0 Å². The van der Waals surface area contributed by atoms with Crippen LogP contribution in [0, 0.1) is 5.82 Å². The van der Waals surface area contributed by atoms with E-state index in [9.17, 15) is 23.6 Å². The van der Waals surface area contributed by atoms with Gasteiger partial charge in [-0.2, -0.15) is 0 Å². The minimum absolute atomic E-state index is 0.00163. The highest BCUT2D eigenvalue weighted by Gasteiger charge is 2.24. The molecule has 0 radical (unpaired) electrons. The number of H-pyrrole nitrogens is 1. The van der Waals surface area contributed by atoms with Crippen LogP contribution in [0.2, 0.25) is 0 Å². The zero-order valence-corrected chi connectivity index (χ0v) is 19.3. The Kier molecular flexibility index (Phi) is 8.03. The van der Waals surface area contributed by atoms with Gasteiger partial charge in [0.25, 0.3) is 11.5 Å². The maximum Gasteiger partial charge on any atom is 0.410 e. The number of halogens is 1. The number of benzene rings is 1. The van der Waals surface area contributed by atoms with E-state index in [0.29, 0.717) is 11.1 Å². The smallest absolute Gasteiger partial charge is 0.410 e. The Labute approximate surface area is 200 Å². The summed E-state index contributed by atoms with van der Waals surface area (Å²) in [5.41, 5.74) is 5.98. The summed E-state index contributed by atoms with van der Waals surface area (Å²) in [5, 5.41) is 3.20. The van der Waals surface area contributed by atoms with Gasteiger partial charge in [-0.3, -0.25) is 14.4 Å². The molecule has 184 valence electrons. The Morgan fingerprint density at radius 1 is 1.26 bits per heavy atom. The lowest BCUT2D eigenvalue weighted by Crippen LogP contribution is -2.37. The summed E-state index contributed by atoms with van der Waals surface area (Å²) < 4.78 is 20.1. The Morgan fingerprint density at radius 2 is 2.03 bits per heavy atom. The van der Waals surface area contributed by atoms with Crippen molar-refractivity contribution in [2.24, 2.45) is 5.73 Å². The first-order valence-electron chi connectivity index (χ1n) is 10.8. The molecule has 3 aromatic rings. The normalized spacial score (nSPS) is 12.0. The monoisotopic (exact) mass is 483 g/mol. The number of carbonyl (C=O) groups excluding carboxylic acids is 3. The van der Waals surface area contributed by atoms with Crippen LogP contribution in [0.3, 0.4) is 0 Å². The van der Waals surface area contributed by atoms with Crippen molar-refractivity contribution in [3.05, 3.63) is 76.6 Å². The zero-order chi connectivity index (χ0) is 25.5. The van der Waals surface area contributed by atoms with E-state index in [-0.39, 0.29) is 30.9 Å². The average Bonchev–Trinajstić information content (AvgIpc) is 3.19. The molecule has 0 spiro atoms. The van der Waals surface area contributed by atoms with Crippen LogP contribution >= 0.6 is 0 Å². The number of nitrogens with one attached hydrogen (secondary N) is 2. The van der Waals surface area contributed by atoms with E-state index in [1.54, 1.807) is 24.4 Å². The van der Waals surface area contributed by atoms with Crippen LogP contribution in [0.4, 0.5) is 14.9 Å². The Hall–Kier alpha value is -4.41. The van der Waals surface area contributed by atoms with E-state index in [0.717, 1.165) is 11.6 Å². The molecule has 35 heavy (non-hydrogen) atoms. The molecule has 1 atom stereocenters. The Bertz CT molecular complexity index is 1330. The number of hydrogen-bond donors (Lipinski definition) is 3. The molecule has 10 nitrogen and oxygen atoms in total. The highest BCUT2D eigenvalue weighted by atomic mass is 19.1. The number of fused-ring (bicyclic) bond motifs is 1. The van der Waals surface area contributed by atoms with Gasteiger partial charge in [-0.15, -0.1) is 0 Å². The van der Waals surface area contributed by atoms with Gasteiger partial charge >= 0.3 is 6.09 Å². The molecule has 3 amide bonds. The largest absolute Gasteiger partial charge is 0.436 e. The number of ether oxygens (including phenoxy) is 1. The first-order valence-corrected chi connectivity index (χ1v) is 10.8. The van der Waals surface area contributed by atoms with Crippen LogP contribution in [0.5, 0.6) is 0 Å². The third-order valence-electron chi connectivity index (χ3n) is 5.04. The fourth-order valence-corrected chi connectivity index (χ4v) is 3.32. The van der Waals surface area contributed by atoms with E-state index >= 15 is 0 Å². The van der Waals surface area contributed by atoms with Crippen molar-refractivity contribution < 1.29 is 23.5 Å². The topological polar surface area (TPSA) is 140 Å². The molecule has 0 unspecified atom stereocenters. The van der Waals surface area contributed by atoms with Gasteiger partial charge in [0.2, 0.25) is 5.91 Å². The predicted octanol–water partition coefficient (Wildman–Crippen LogP) is 2.34. The maximum atomic E-state index is 13.5. The number of allylic oxidation sites excluding steroid dienone is 1. The van der Waals surface area contributed by atoms with E-state index in [1.165, 1.54) is 47.8 Å². The summed E-state index contributed by atoms with van der Waals surface area (Å²) in [4.78, 5) is 53.0. The quantitative estimate of drug-likeness (QED) is 0.401. The van der Waals surface area contributed by atoms with Gasteiger partial charge in [-0.05, 0) is 55.3 Å². The molecule has 11 heteroatoms. The number of anilines is 1. The SMILES string of the molecule is CN(C)C(=O)O[C@@H](CC/C=C/C(N)=O)C(=O)Nc1cccn(Cc2cc3cc(F)ccc3[nH]2)c1=O. The van der Waals surface area contributed by atoms with Crippen LogP contribution < -0.4 is 16.6 Å². The zero-order valence-electron chi connectivity index (χ0n) is 19.3. The number of amides is 3. The van der Waals surface area contributed by atoms with Crippen molar-refractivity contribution in [2.75, 3.05) is 19.4 Å². The molecule has 0 bridgehead atoms. The van der Waals surface area contributed by atoms with Gasteiger partial charge < -0.3 is 30.2 Å². The van der Waals surface area contributed by atoms with Gasteiger partial charge in [-0.25, -0.2) is 9.18 Å². The lowest BCUT2D eigenvalue weighted by Gasteiger charge is -2.19. The van der Waals surface area contributed by atoms with E-state index < -0.39 is 29.6 Å². The van der Waals surface area contributed by atoms with Crippen molar-refractivity contribution in [1.29, 1.82) is 0 Å². The lowest BCUT2D eigenvalue weighted by atomic mass is 10.1. The van der Waals surface area contributed by atoms with Crippen LogP contribution in [-0.2, 0) is 20.9 Å². The number of nitrogens with two attached hydrogens (primary N) is 1. The van der Waals surface area contributed by atoms with Crippen molar-refractivity contribution in [1.82, 2.24) is 14.5 Å². The van der Waals surface area contributed by atoms with Gasteiger partial charge in [-0.1, -0.05) is 6.08 Å². The minimum atomic E-state index is -1.21. The summed E-state index contributed by atoms with van der Waals surface area (Å²) in [6.45, 7) is 0.162. The summed E-state index contributed by atoms with van der Waals surface area (Å²) in [6, 6.07) is 9.12. The molecule has 4 N–H and O–H groups in total. The number of rotatable bonds is 9. The first-order chi connectivity index (χ1) is 16.6. The van der Waals surface area contributed by atoms with Crippen molar-refractivity contribution in [3.8, 4) is 0 Å². The molecule has 2 aromatic heterocycles. The van der Waals surface area contributed by atoms with Crippen LogP contribution in [0.15, 0.2) is 59.5 Å². The van der Waals surface area contributed by atoms with Crippen LogP contribution in [-0.4, -0.2) is 52.6 Å². The number of aromatic amines is 1. The van der Waals surface area contributed by atoms with Crippen molar-refractivity contribution >= 4 is 34.5 Å². The fourth-order valence-electron chi connectivity index (χ4n) is 3.32. The van der Waals surface area contributed by atoms with Gasteiger partial charge in [0.1, 0.15) is 11.5 Å². The third kappa shape index (κ3) is 6.79. The second-order valence-electron chi connectivity index (χ2n) is 8.02. The van der Waals surface area contributed by atoms with Gasteiger partial charge in [0, 0.05) is 36.9 Å². The molecule has 0 saturated heterocycles. The molecule has 2 heterocycles. The molecule has 0 saturated carbocycles. The molecular weight excluding hydrogens is 457 g/mol. The molecule has 3 rings (SSSR count). The van der Waals surface area contributed by atoms with Crippen molar-refractivity contribution in [2.45, 2.75) is 25.5 Å². The molecule has 1 aromatic carbocycles. The summed E-state index contributed by atoms with van der Waals surface area (Å²) in [7, 11) is 2.94. The summed E-state index contributed by atoms with van der Waals surface area (Å²) >= 11 is 0. The number of primary amides is 1. The molecule has 0 fully saturated rings. The number of hydrogen-bond acceptors (Lipinski definition) is 5. The summed E-state index contributed by atoms with van der Waals surface area (Å²) in [6.07, 6.45) is 2.54. The van der Waals surface area contributed by atoms with Gasteiger partial charge in [0.05, 0.1) is 6.54 Å². The molecular formula is C24H26FN5O5. The van der Waals surface area contributed by atoms with E-state index in [4.69, 9.17) is 10.5 Å². The van der Waals surface area contributed by atoms with E-state index in [2.05, 4.69) is 10.3 Å². The second-order valence-corrected chi connectivity index (χ2v) is 8.02. The Morgan fingerprint density at radius 3 is 2.74 bits per heavy atom. The maximum absolute atomic E-state index is 13.5. The fraction of sp³-hybridized carbons (Fsp3) is 0.250. The standard InChI is InChI=1S/C24H26FN5O5/c1-29(2)24(34)35-20(7-3-4-8-21(26)31)22(32)28-19-6-5-11-30(23(19)33)14-17-13-15-12-16(25)9-10-18(15)27-17/h4-6,8-13,20,27H,3,7,14H2,1-2H3,(H2,26,31)(H,28,32)/b8-4+/t20-/m0/s1. The number of carbonyl (C=O) groups is 3. The number of pyridine rings is 1. The first kappa shape index (κ1) is 25.2. The highest BCUT2D eigenvalue weighted by molar-refractivity contribution is 5.95. The van der Waals surface area contributed by atoms with Crippen LogP contribution in [0.1, 0.15) is 18.5 Å². The molecule has 0 aliphatic rings. The summed E-state index contributed by atoms with van der Waals surface area (Å²) in [5.74, 6) is -1.69. The minimum Gasteiger partial charge on any atom is -0.436 e. The lowest BCUT2D eigenvalue weighted by molar-refractivity contribution is -0.124. The highest BCUT2D eigenvalue weighted by Crippen LogP contribution is 2.17. The number of aromatic nitrogens is 2. The average molecular weight is 484 g/mol. The van der Waals surface area contributed by atoms with Crippen LogP contribution in [0.25, 0.3) is 10.9 Å². The molecule has 0 aliphatic heterocycles. The third-order valence-corrected chi connectivity index (χ3v) is 5.04. The van der Waals surface area contributed by atoms with Crippen molar-refractivity contribution in [3.63, 3.8) is 0 Å². The predicted molar refractivity (Wildman–Crippen MR) is 128 cm³/mol. The molecule has 0 aliphatic carbocycles. The van der Waals surface area contributed by atoms with Gasteiger partial charge in [0.15, 0.2) is 6.10 Å². The second kappa shape index (κ2) is 11.1. The number of nitrogens with zero attached hydrogens (tertiary/aromatic N) is 2.